The minimum atomic E-state index is 0. The van der Waals surface area contributed by atoms with E-state index in [0.717, 1.165) is 61.8 Å². The Bertz CT molecular complexity index is 1240. The maximum Gasteiger partial charge on any atom is 0.259 e. The molecule has 7 heteroatoms. The van der Waals surface area contributed by atoms with Gasteiger partial charge in [0.15, 0.2) is 0 Å². The number of allylic oxidation sites excluding steroid dienone is 2. The summed E-state index contributed by atoms with van der Waals surface area (Å²) >= 11 is 1.66. The van der Waals surface area contributed by atoms with E-state index in [-0.39, 0.29) is 26.0 Å². The number of nitrogens with one attached hydrogen (secondary N) is 2. The van der Waals surface area contributed by atoms with Gasteiger partial charge in [0.05, 0.1) is 10.3 Å². The van der Waals surface area contributed by atoms with Gasteiger partial charge in [-0.25, -0.2) is 4.99 Å². The topological polar surface area (TPSA) is 60.0 Å². The maximum atomic E-state index is 11.3. The lowest BCUT2D eigenvalue weighted by Gasteiger charge is -2.32. The number of rotatable bonds is 14. The van der Waals surface area contributed by atoms with Crippen LogP contribution in [0.5, 0.6) is 0 Å². The Kier molecular flexibility index (Phi) is 17.2. The smallest absolute Gasteiger partial charge is 0.259 e. The summed E-state index contributed by atoms with van der Waals surface area (Å²) in [6, 6.07) is 22.9. The van der Waals surface area contributed by atoms with Crippen molar-refractivity contribution in [3.63, 3.8) is 0 Å². The molecule has 3 heterocycles. The first-order valence-electron chi connectivity index (χ1n) is 19.1. The minimum Gasteiger partial charge on any atom is -0.309 e. The highest BCUT2D eigenvalue weighted by Gasteiger charge is 2.37. The molecule has 2 aromatic rings. The molecule has 5 aliphatic rings. The zero-order valence-electron chi connectivity index (χ0n) is 29.3. The fraction of sp³-hybridized carbons (Fsp3) is 0.628. The molecule has 3 fully saturated rings. The zero-order chi connectivity index (χ0) is 33.0. The largest absolute Gasteiger partial charge is 0.309 e. The second-order valence-electron chi connectivity index (χ2n) is 14.8. The Balaban J connectivity index is 0.000000276. The van der Waals surface area contributed by atoms with E-state index >= 15 is 0 Å². The van der Waals surface area contributed by atoms with Crippen molar-refractivity contribution in [1.82, 2.24) is 20.4 Å². The predicted octanol–water partition coefficient (Wildman–Crippen LogP) is 8.93. The van der Waals surface area contributed by atoms with Gasteiger partial charge in [-0.2, -0.15) is 0 Å². The number of hydrogen-bond acceptors (Lipinski definition) is 6. The Morgan fingerprint density at radius 3 is 1.68 bits per heavy atom. The second-order valence-corrected chi connectivity index (χ2v) is 16.2. The minimum absolute atomic E-state index is 0. The normalized spacial score (nSPS) is 25.9. The molecule has 2 N–H and O–H groups in total. The predicted molar refractivity (Wildman–Crippen MR) is 216 cm³/mol. The van der Waals surface area contributed by atoms with Crippen LogP contribution in [-0.2, 0) is 4.79 Å². The van der Waals surface area contributed by atoms with Crippen molar-refractivity contribution >= 4 is 22.7 Å². The van der Waals surface area contributed by atoms with Crippen LogP contribution in [0.25, 0.3) is 0 Å². The Hall–Kier alpha value is -2.29. The van der Waals surface area contributed by atoms with Crippen LogP contribution < -0.4 is 10.6 Å². The van der Waals surface area contributed by atoms with Gasteiger partial charge in [-0.3, -0.25) is 4.79 Å². The summed E-state index contributed by atoms with van der Waals surface area (Å²) in [7, 11) is 0. The average molecular weight is 702 g/mol. The third-order valence-corrected chi connectivity index (χ3v) is 12.2. The fourth-order valence-electron chi connectivity index (χ4n) is 8.33. The molecule has 6 nitrogen and oxygen atoms in total. The van der Waals surface area contributed by atoms with Crippen molar-refractivity contribution in [2.24, 2.45) is 22.7 Å². The summed E-state index contributed by atoms with van der Waals surface area (Å²) in [5.74, 6) is 2.41. The summed E-state index contributed by atoms with van der Waals surface area (Å²) in [5, 5.41) is 8.92. The lowest BCUT2D eigenvalue weighted by molar-refractivity contribution is -0.116. The molecule has 2 aromatic carbocycles. The summed E-state index contributed by atoms with van der Waals surface area (Å²) in [4.78, 5) is 20.7. The Morgan fingerprint density at radius 1 is 0.740 bits per heavy atom. The molecule has 0 aromatic heterocycles. The highest BCUT2D eigenvalue weighted by molar-refractivity contribution is 8.15. The van der Waals surface area contributed by atoms with Crippen molar-refractivity contribution < 1.29 is 4.79 Å². The molecule has 0 spiro atoms. The molecule has 50 heavy (non-hydrogen) atoms. The van der Waals surface area contributed by atoms with Crippen molar-refractivity contribution in [2.75, 3.05) is 52.4 Å². The highest BCUT2D eigenvalue weighted by atomic mass is 32.2. The Morgan fingerprint density at radius 2 is 1.26 bits per heavy atom. The number of likely N-dealkylation sites (tertiary alicyclic amines) is 2. The number of fused-ring (bicyclic) bond motifs is 2. The van der Waals surface area contributed by atoms with Crippen molar-refractivity contribution in [2.45, 2.75) is 103 Å². The van der Waals surface area contributed by atoms with Gasteiger partial charge in [0.25, 0.3) is 5.91 Å². The van der Waals surface area contributed by atoms with Crippen molar-refractivity contribution in [3.8, 4) is 0 Å². The van der Waals surface area contributed by atoms with E-state index in [2.05, 4.69) is 98.2 Å². The fourth-order valence-corrected chi connectivity index (χ4v) is 9.34. The number of nitrogens with zero attached hydrogens (tertiary/aromatic N) is 3. The molecule has 7 rings (SSSR count). The first-order chi connectivity index (χ1) is 23.6. The molecule has 2 saturated heterocycles. The number of benzene rings is 2. The molecule has 276 valence electrons. The van der Waals surface area contributed by atoms with Crippen LogP contribution in [0.15, 0.2) is 77.8 Å². The SMILES string of the molecule is C.C.CC1SC(CC2CC3C=CC2C3)=NC1=O.c1ccc([C@H](CN2CCCCC2)NCCCN[C@@H](CN2CCCCC2)c2ccccc2)cc1. The number of thioether (sulfide) groups is 1. The van der Waals surface area contributed by atoms with Crippen LogP contribution in [0.2, 0.25) is 0 Å². The van der Waals surface area contributed by atoms with E-state index in [0.29, 0.717) is 12.1 Å². The van der Waals surface area contributed by atoms with Crippen LogP contribution in [0.4, 0.5) is 0 Å². The third-order valence-electron chi connectivity index (χ3n) is 11.1. The summed E-state index contributed by atoms with van der Waals surface area (Å²) < 4.78 is 0. The van der Waals surface area contributed by atoms with Gasteiger partial charge in [0, 0.05) is 25.2 Å². The molecule has 3 aliphatic heterocycles. The highest BCUT2D eigenvalue weighted by Crippen LogP contribution is 2.46. The molecule has 1 saturated carbocycles. The quantitative estimate of drug-likeness (QED) is 0.152. The van der Waals surface area contributed by atoms with Crippen LogP contribution >= 0.6 is 11.8 Å². The first kappa shape index (κ1) is 40.5. The lowest BCUT2D eigenvalue weighted by atomic mass is 9.91. The third kappa shape index (κ3) is 12.2. The van der Waals surface area contributed by atoms with Gasteiger partial charge in [0.2, 0.25) is 0 Å². The average Bonchev–Trinajstić information content (AvgIpc) is 3.85. The molecular weight excluding hydrogens is 635 g/mol. The standard InChI is InChI=1S/C29H44N4.C12H15NOS.2CH4/c1-5-14-26(15-6-1)28(24-32-20-9-3-10-21-32)30-18-13-19-31-29(27-16-7-2-8-17-27)25-33-22-11-4-12-23-33;1-7-12(14)13-11(15-7)6-10-5-8-2-3-9(10)4-8;;/h1-2,5-8,14-17,28-31H,3-4,9-13,18-25H2;2-3,7-10H,4-6H2,1H3;2*1H4/t28-,29-;;;/m0.../s1. The molecule has 4 unspecified atom stereocenters. The lowest BCUT2D eigenvalue weighted by Crippen LogP contribution is -2.40. The molecule has 1 amide bonds. The van der Waals surface area contributed by atoms with Crippen molar-refractivity contribution in [3.05, 3.63) is 83.9 Å². The molecule has 6 atom stereocenters. The summed E-state index contributed by atoms with van der Waals surface area (Å²) in [6.45, 7) is 11.3. The van der Waals surface area contributed by atoms with Gasteiger partial charge >= 0.3 is 0 Å². The number of carbonyl (C=O) groups excluding carboxylic acids is 1. The van der Waals surface area contributed by atoms with E-state index in [4.69, 9.17) is 0 Å². The van der Waals surface area contributed by atoms with Gasteiger partial charge in [-0.1, -0.05) is 112 Å². The molecule has 2 aliphatic carbocycles. The number of amides is 1. The van der Waals surface area contributed by atoms with E-state index in [1.54, 1.807) is 11.8 Å². The van der Waals surface area contributed by atoms with Gasteiger partial charge < -0.3 is 20.4 Å². The molecule has 2 bridgehead atoms. The number of piperidine rings is 2. The van der Waals surface area contributed by atoms with Crippen molar-refractivity contribution in [1.29, 1.82) is 0 Å². The van der Waals surface area contributed by atoms with Gasteiger partial charge in [-0.05, 0) is 126 Å². The zero-order valence-corrected chi connectivity index (χ0v) is 30.1. The van der Waals surface area contributed by atoms with E-state index in [1.165, 1.54) is 88.7 Å². The number of carbonyl (C=O) groups is 1. The summed E-state index contributed by atoms with van der Waals surface area (Å²) in [6.07, 6.45) is 17.7. The Labute approximate surface area is 309 Å². The van der Waals surface area contributed by atoms with Crippen LogP contribution in [0, 0.1) is 17.8 Å². The molecular formula is C43H67N5OS. The van der Waals surface area contributed by atoms with E-state index < -0.39 is 0 Å². The van der Waals surface area contributed by atoms with E-state index in [9.17, 15) is 4.79 Å². The first-order valence-corrected chi connectivity index (χ1v) is 20.0. The second kappa shape index (κ2) is 21.3. The van der Waals surface area contributed by atoms with Crippen LogP contribution in [-0.4, -0.2) is 78.4 Å². The van der Waals surface area contributed by atoms with Crippen LogP contribution in [0.1, 0.15) is 109 Å². The number of hydrogen-bond donors (Lipinski definition) is 2. The molecule has 0 radical (unpaired) electrons. The monoisotopic (exact) mass is 702 g/mol. The maximum absolute atomic E-state index is 11.3. The van der Waals surface area contributed by atoms with E-state index in [1.807, 2.05) is 6.92 Å². The van der Waals surface area contributed by atoms with Gasteiger partial charge in [-0.15, -0.1) is 0 Å². The summed E-state index contributed by atoms with van der Waals surface area (Å²) in [5.41, 5.74) is 2.84. The van der Waals surface area contributed by atoms with Crippen LogP contribution in [0.3, 0.4) is 0 Å². The van der Waals surface area contributed by atoms with Gasteiger partial charge in [0.1, 0.15) is 0 Å². The number of aliphatic imine (C=N–C) groups is 1.